The summed E-state index contributed by atoms with van der Waals surface area (Å²) in [5.41, 5.74) is 0.888. The summed E-state index contributed by atoms with van der Waals surface area (Å²) >= 11 is 6.07. The third-order valence-electron chi connectivity index (χ3n) is 6.72. The van der Waals surface area contributed by atoms with Gasteiger partial charge in [-0.15, -0.1) is 0 Å². The number of nitrogens with zero attached hydrogens (tertiary/aromatic N) is 2. The van der Waals surface area contributed by atoms with E-state index in [1.54, 1.807) is 0 Å². The monoisotopic (exact) mass is 388 g/mol. The van der Waals surface area contributed by atoms with Crippen molar-refractivity contribution in [1.29, 1.82) is 0 Å². The lowest BCUT2D eigenvalue weighted by Gasteiger charge is -2.47. The number of hydrogen-bond acceptors (Lipinski definition) is 2. The molecule has 1 heterocycles. The van der Waals surface area contributed by atoms with Crippen molar-refractivity contribution < 1.29 is 9.59 Å². The standard InChI is InChI=1S/C22H29ClN2O2/c1-15-6-12-18(13-7-15)24-14-20(26)25(19-4-2-3-5-19)21(22(24)27)16-8-10-17(23)11-9-16/h8-11,15,18-19,21H,2-7,12-14H2,1H3/t15?,18?,21-/m1/s1. The highest BCUT2D eigenvalue weighted by atomic mass is 35.5. The topological polar surface area (TPSA) is 40.6 Å². The van der Waals surface area contributed by atoms with E-state index in [0.717, 1.165) is 62.8 Å². The summed E-state index contributed by atoms with van der Waals surface area (Å²) in [6, 6.07) is 7.37. The van der Waals surface area contributed by atoms with Crippen LogP contribution < -0.4 is 0 Å². The molecule has 1 aromatic rings. The van der Waals surface area contributed by atoms with E-state index in [2.05, 4.69) is 6.92 Å². The molecule has 27 heavy (non-hydrogen) atoms. The Morgan fingerprint density at radius 2 is 1.52 bits per heavy atom. The van der Waals surface area contributed by atoms with Gasteiger partial charge in [0.15, 0.2) is 0 Å². The van der Waals surface area contributed by atoms with Gasteiger partial charge in [0, 0.05) is 17.1 Å². The van der Waals surface area contributed by atoms with Crippen molar-refractivity contribution in [3.63, 3.8) is 0 Å². The fourth-order valence-electron chi connectivity index (χ4n) is 5.13. The quantitative estimate of drug-likeness (QED) is 0.760. The molecule has 0 radical (unpaired) electrons. The molecule has 4 nitrogen and oxygen atoms in total. The summed E-state index contributed by atoms with van der Waals surface area (Å²) in [6.45, 7) is 2.52. The van der Waals surface area contributed by atoms with Gasteiger partial charge >= 0.3 is 0 Å². The van der Waals surface area contributed by atoms with Crippen LogP contribution in [0.3, 0.4) is 0 Å². The average molecular weight is 389 g/mol. The Morgan fingerprint density at radius 3 is 2.15 bits per heavy atom. The van der Waals surface area contributed by atoms with Crippen LogP contribution in [0.5, 0.6) is 0 Å². The first-order valence-corrected chi connectivity index (χ1v) is 10.8. The van der Waals surface area contributed by atoms with Gasteiger partial charge in [-0.1, -0.05) is 43.5 Å². The van der Waals surface area contributed by atoms with Crippen LogP contribution in [-0.2, 0) is 9.59 Å². The number of benzene rings is 1. The van der Waals surface area contributed by atoms with Crippen LogP contribution in [0, 0.1) is 5.92 Å². The van der Waals surface area contributed by atoms with E-state index in [0.29, 0.717) is 5.02 Å². The van der Waals surface area contributed by atoms with Crippen LogP contribution in [0.15, 0.2) is 24.3 Å². The van der Waals surface area contributed by atoms with Crippen LogP contribution in [0.25, 0.3) is 0 Å². The van der Waals surface area contributed by atoms with Crippen molar-refractivity contribution in [2.75, 3.05) is 6.54 Å². The zero-order valence-electron chi connectivity index (χ0n) is 16.1. The Hall–Kier alpha value is -1.55. The average Bonchev–Trinajstić information content (AvgIpc) is 3.19. The van der Waals surface area contributed by atoms with Crippen molar-refractivity contribution in [3.05, 3.63) is 34.9 Å². The minimum absolute atomic E-state index is 0.100. The summed E-state index contributed by atoms with van der Waals surface area (Å²) in [6.07, 6.45) is 8.59. The zero-order valence-corrected chi connectivity index (χ0v) is 16.8. The number of piperazine rings is 1. The van der Waals surface area contributed by atoms with Crippen molar-refractivity contribution in [2.24, 2.45) is 5.92 Å². The smallest absolute Gasteiger partial charge is 0.250 e. The first-order valence-electron chi connectivity index (χ1n) is 10.4. The van der Waals surface area contributed by atoms with E-state index in [1.165, 1.54) is 0 Å². The van der Waals surface area contributed by atoms with Gasteiger partial charge in [0.25, 0.3) is 5.91 Å². The Labute approximate surface area is 166 Å². The van der Waals surface area contributed by atoms with Gasteiger partial charge in [-0.3, -0.25) is 9.59 Å². The van der Waals surface area contributed by atoms with Crippen molar-refractivity contribution in [2.45, 2.75) is 76.4 Å². The number of hydrogen-bond donors (Lipinski definition) is 0. The van der Waals surface area contributed by atoms with E-state index >= 15 is 0 Å². The van der Waals surface area contributed by atoms with Gasteiger partial charge < -0.3 is 9.80 Å². The van der Waals surface area contributed by atoms with E-state index in [1.807, 2.05) is 34.1 Å². The molecule has 4 rings (SSSR count). The van der Waals surface area contributed by atoms with Crippen molar-refractivity contribution in [3.8, 4) is 0 Å². The summed E-state index contributed by atoms with van der Waals surface area (Å²) < 4.78 is 0. The lowest BCUT2D eigenvalue weighted by molar-refractivity contribution is -0.162. The summed E-state index contributed by atoms with van der Waals surface area (Å²) in [7, 11) is 0. The van der Waals surface area contributed by atoms with E-state index < -0.39 is 6.04 Å². The first kappa shape index (κ1) is 18.8. The first-order chi connectivity index (χ1) is 13.0. The van der Waals surface area contributed by atoms with Gasteiger partial charge in [0.1, 0.15) is 12.6 Å². The van der Waals surface area contributed by atoms with Crippen molar-refractivity contribution >= 4 is 23.4 Å². The van der Waals surface area contributed by atoms with Crippen LogP contribution in [0.1, 0.15) is 69.9 Å². The van der Waals surface area contributed by atoms with E-state index in [4.69, 9.17) is 11.6 Å². The Morgan fingerprint density at radius 1 is 0.889 bits per heavy atom. The van der Waals surface area contributed by atoms with E-state index in [-0.39, 0.29) is 30.4 Å². The number of halogens is 1. The largest absolute Gasteiger partial charge is 0.328 e. The highest BCUT2D eigenvalue weighted by Gasteiger charge is 2.46. The lowest BCUT2D eigenvalue weighted by Crippen LogP contribution is -2.60. The number of carbonyl (C=O) groups excluding carboxylic acids is 2. The third kappa shape index (κ3) is 3.73. The molecule has 2 amide bonds. The Balaban J connectivity index is 1.65. The maximum absolute atomic E-state index is 13.6. The van der Waals surface area contributed by atoms with Gasteiger partial charge in [-0.05, 0) is 62.1 Å². The SMILES string of the molecule is CC1CCC(N2CC(=O)N(C3CCCC3)[C@H](c3ccc(Cl)cc3)C2=O)CC1. The molecule has 0 bridgehead atoms. The highest BCUT2D eigenvalue weighted by molar-refractivity contribution is 6.30. The molecule has 1 atom stereocenters. The zero-order chi connectivity index (χ0) is 19.0. The van der Waals surface area contributed by atoms with Crippen LogP contribution in [-0.4, -0.2) is 40.2 Å². The number of amides is 2. The molecule has 3 aliphatic rings. The van der Waals surface area contributed by atoms with Crippen molar-refractivity contribution in [1.82, 2.24) is 9.80 Å². The maximum Gasteiger partial charge on any atom is 0.250 e. The fourth-order valence-corrected chi connectivity index (χ4v) is 5.26. The van der Waals surface area contributed by atoms with Gasteiger partial charge in [-0.2, -0.15) is 0 Å². The normalized spacial score (nSPS) is 30.2. The van der Waals surface area contributed by atoms with Crippen LogP contribution in [0.4, 0.5) is 0 Å². The third-order valence-corrected chi connectivity index (χ3v) is 6.97. The molecule has 0 unspecified atom stereocenters. The predicted molar refractivity (Wildman–Crippen MR) is 106 cm³/mol. The molecule has 1 saturated heterocycles. The predicted octanol–water partition coefficient (Wildman–Crippen LogP) is 4.57. The molecule has 1 aliphatic heterocycles. The molecule has 2 aliphatic carbocycles. The molecule has 1 aromatic carbocycles. The molecular weight excluding hydrogens is 360 g/mol. The van der Waals surface area contributed by atoms with Crippen LogP contribution >= 0.6 is 11.6 Å². The second-order valence-electron chi connectivity index (χ2n) is 8.57. The lowest BCUT2D eigenvalue weighted by atomic mass is 9.85. The van der Waals surface area contributed by atoms with Gasteiger partial charge in [0.05, 0.1) is 0 Å². The Kier molecular flexibility index (Phi) is 5.45. The molecule has 3 fully saturated rings. The summed E-state index contributed by atoms with van der Waals surface area (Å²) in [4.78, 5) is 30.6. The molecular formula is C22H29ClN2O2. The second-order valence-corrected chi connectivity index (χ2v) is 9.01. The minimum atomic E-state index is -0.494. The van der Waals surface area contributed by atoms with E-state index in [9.17, 15) is 9.59 Å². The Bertz CT molecular complexity index is 691. The molecule has 0 aromatic heterocycles. The number of carbonyl (C=O) groups is 2. The van der Waals surface area contributed by atoms with Crippen LogP contribution in [0.2, 0.25) is 5.02 Å². The molecule has 0 spiro atoms. The molecule has 0 N–H and O–H groups in total. The number of rotatable bonds is 3. The molecule has 146 valence electrons. The second kappa shape index (κ2) is 7.83. The summed E-state index contributed by atoms with van der Waals surface area (Å²) in [5, 5.41) is 0.652. The molecule has 2 saturated carbocycles. The fraction of sp³-hybridized carbons (Fsp3) is 0.636. The molecule has 5 heteroatoms. The maximum atomic E-state index is 13.6. The summed E-state index contributed by atoms with van der Waals surface area (Å²) in [5.74, 6) is 0.933. The van der Waals surface area contributed by atoms with Gasteiger partial charge in [-0.25, -0.2) is 0 Å². The highest BCUT2D eigenvalue weighted by Crippen LogP contribution is 2.38. The van der Waals surface area contributed by atoms with Gasteiger partial charge in [0.2, 0.25) is 5.91 Å². The minimum Gasteiger partial charge on any atom is -0.328 e.